The molecule has 0 bridgehead atoms. The summed E-state index contributed by atoms with van der Waals surface area (Å²) in [7, 11) is 0. The lowest BCUT2D eigenvalue weighted by Gasteiger charge is -2.16. The van der Waals surface area contributed by atoms with Crippen molar-refractivity contribution >= 4 is 35.8 Å². The Kier molecular flexibility index (Phi) is 2.94. The number of amides is 1. The van der Waals surface area contributed by atoms with E-state index in [1.165, 1.54) is 0 Å². The number of anilines is 1. The Morgan fingerprint density at radius 3 is 2.73 bits per heavy atom. The van der Waals surface area contributed by atoms with Gasteiger partial charge in [0.2, 0.25) is 5.91 Å². The second kappa shape index (κ2) is 4.06. The first-order valence-electron chi connectivity index (χ1n) is 4.82. The molecule has 1 heterocycles. The molecule has 0 saturated carbocycles. The number of benzene rings is 1. The molecule has 1 saturated heterocycles. The zero-order chi connectivity index (χ0) is 11.0. The van der Waals surface area contributed by atoms with Crippen molar-refractivity contribution < 1.29 is 4.79 Å². The fourth-order valence-electron chi connectivity index (χ4n) is 1.81. The predicted molar refractivity (Wildman–Crippen MR) is 65.9 cm³/mol. The Hall–Kier alpha value is -0.670. The van der Waals surface area contributed by atoms with Crippen molar-refractivity contribution in [2.45, 2.75) is 18.6 Å². The van der Waals surface area contributed by atoms with Crippen molar-refractivity contribution in [3.8, 4) is 0 Å². The molecule has 1 aromatic carbocycles. The zero-order valence-corrected chi connectivity index (χ0v) is 10.1. The smallest absolute Gasteiger partial charge is 0.228 e. The first-order chi connectivity index (χ1) is 7.06. The molecule has 1 aliphatic heterocycles. The van der Waals surface area contributed by atoms with E-state index in [2.05, 4.69) is 12.6 Å². The quantitative estimate of drug-likeness (QED) is 0.750. The minimum absolute atomic E-state index is 0.122. The first-order valence-corrected chi connectivity index (χ1v) is 5.71. The standard InChI is InChI=1S/C11H12ClNOS/c1-7-2-8(12)4-9(3-7)13-6-10(15)5-11(13)14/h2-4,10,15H,5-6H2,1H3. The number of carbonyl (C=O) groups excluding carboxylic acids is 1. The molecule has 4 heteroatoms. The van der Waals surface area contributed by atoms with Crippen LogP contribution in [0, 0.1) is 6.92 Å². The van der Waals surface area contributed by atoms with Crippen LogP contribution in [0.4, 0.5) is 5.69 Å². The second-order valence-electron chi connectivity index (χ2n) is 3.85. The summed E-state index contributed by atoms with van der Waals surface area (Å²) >= 11 is 10.3. The maximum absolute atomic E-state index is 11.6. The highest BCUT2D eigenvalue weighted by Gasteiger charge is 2.28. The van der Waals surface area contributed by atoms with Crippen molar-refractivity contribution in [1.82, 2.24) is 0 Å². The van der Waals surface area contributed by atoms with Crippen LogP contribution in [0.25, 0.3) is 0 Å². The summed E-state index contributed by atoms with van der Waals surface area (Å²) in [5.41, 5.74) is 1.94. The van der Waals surface area contributed by atoms with Crippen LogP contribution in [0.15, 0.2) is 18.2 Å². The number of halogens is 1. The Morgan fingerprint density at radius 1 is 1.47 bits per heavy atom. The minimum atomic E-state index is 0.122. The van der Waals surface area contributed by atoms with Gasteiger partial charge >= 0.3 is 0 Å². The first kappa shape index (κ1) is 10.8. The maximum Gasteiger partial charge on any atom is 0.228 e. The third-order valence-electron chi connectivity index (χ3n) is 2.44. The average molecular weight is 242 g/mol. The molecule has 2 rings (SSSR count). The molecule has 80 valence electrons. The topological polar surface area (TPSA) is 20.3 Å². The molecule has 1 amide bonds. The number of hydrogen-bond donors (Lipinski definition) is 1. The molecular formula is C11H12ClNOS. The number of hydrogen-bond acceptors (Lipinski definition) is 2. The van der Waals surface area contributed by atoms with Crippen molar-refractivity contribution in [3.63, 3.8) is 0 Å². The molecular weight excluding hydrogens is 230 g/mol. The normalized spacial score (nSPS) is 21.1. The number of nitrogens with zero attached hydrogens (tertiary/aromatic N) is 1. The zero-order valence-electron chi connectivity index (χ0n) is 8.40. The van der Waals surface area contributed by atoms with Crippen LogP contribution in [0.5, 0.6) is 0 Å². The molecule has 0 radical (unpaired) electrons. The monoisotopic (exact) mass is 241 g/mol. The predicted octanol–water partition coefficient (Wildman–Crippen LogP) is 2.68. The van der Waals surface area contributed by atoms with Crippen LogP contribution in [-0.2, 0) is 4.79 Å². The highest BCUT2D eigenvalue weighted by molar-refractivity contribution is 7.81. The van der Waals surface area contributed by atoms with Crippen LogP contribution in [0.3, 0.4) is 0 Å². The average Bonchev–Trinajstić information content (AvgIpc) is 2.43. The molecule has 0 aliphatic carbocycles. The van der Waals surface area contributed by atoms with Gasteiger partial charge in [0.05, 0.1) is 0 Å². The summed E-state index contributed by atoms with van der Waals surface area (Å²) in [6.45, 7) is 2.63. The summed E-state index contributed by atoms with van der Waals surface area (Å²) in [6, 6.07) is 5.66. The van der Waals surface area contributed by atoms with Crippen molar-refractivity contribution in [1.29, 1.82) is 0 Å². The van der Waals surface area contributed by atoms with Crippen molar-refractivity contribution in [3.05, 3.63) is 28.8 Å². The summed E-state index contributed by atoms with van der Waals surface area (Å²) in [5, 5.41) is 0.803. The largest absolute Gasteiger partial charge is 0.311 e. The van der Waals surface area contributed by atoms with Gasteiger partial charge in [-0.3, -0.25) is 4.79 Å². The number of carbonyl (C=O) groups is 1. The SMILES string of the molecule is Cc1cc(Cl)cc(N2CC(S)CC2=O)c1. The van der Waals surface area contributed by atoms with Crippen LogP contribution >= 0.6 is 24.2 Å². The lowest BCUT2D eigenvalue weighted by molar-refractivity contribution is -0.117. The Balaban J connectivity index is 2.33. The van der Waals surface area contributed by atoms with Gasteiger partial charge in [0.1, 0.15) is 0 Å². The molecule has 1 unspecified atom stereocenters. The Labute approximate surface area is 99.6 Å². The van der Waals surface area contributed by atoms with Gasteiger partial charge in [0.25, 0.3) is 0 Å². The van der Waals surface area contributed by atoms with E-state index in [9.17, 15) is 4.79 Å². The summed E-state index contributed by atoms with van der Waals surface area (Å²) < 4.78 is 0. The lowest BCUT2D eigenvalue weighted by atomic mass is 10.2. The Bertz CT molecular complexity index is 387. The third kappa shape index (κ3) is 2.29. The lowest BCUT2D eigenvalue weighted by Crippen LogP contribution is -2.24. The highest BCUT2D eigenvalue weighted by Crippen LogP contribution is 2.27. The van der Waals surface area contributed by atoms with Gasteiger partial charge in [-0.15, -0.1) is 0 Å². The third-order valence-corrected chi connectivity index (χ3v) is 3.01. The van der Waals surface area contributed by atoms with E-state index in [1.807, 2.05) is 25.1 Å². The van der Waals surface area contributed by atoms with E-state index in [1.54, 1.807) is 4.90 Å². The van der Waals surface area contributed by atoms with Crippen molar-refractivity contribution in [2.24, 2.45) is 0 Å². The number of aryl methyl sites for hydroxylation is 1. The van der Waals surface area contributed by atoms with E-state index in [0.717, 1.165) is 11.3 Å². The molecule has 15 heavy (non-hydrogen) atoms. The summed E-state index contributed by atoms with van der Waals surface area (Å²) in [4.78, 5) is 13.4. The fourth-order valence-corrected chi connectivity index (χ4v) is 2.41. The van der Waals surface area contributed by atoms with Crippen molar-refractivity contribution in [2.75, 3.05) is 11.4 Å². The Morgan fingerprint density at radius 2 is 2.20 bits per heavy atom. The molecule has 0 spiro atoms. The van der Waals surface area contributed by atoms with Crippen LogP contribution in [-0.4, -0.2) is 17.7 Å². The molecule has 2 nitrogen and oxygen atoms in total. The van der Waals surface area contributed by atoms with E-state index >= 15 is 0 Å². The minimum Gasteiger partial charge on any atom is -0.311 e. The second-order valence-corrected chi connectivity index (χ2v) is 5.02. The summed E-state index contributed by atoms with van der Waals surface area (Å²) in [6.07, 6.45) is 0.509. The van der Waals surface area contributed by atoms with Crippen LogP contribution in [0.2, 0.25) is 5.02 Å². The highest BCUT2D eigenvalue weighted by atomic mass is 35.5. The molecule has 1 atom stereocenters. The van der Waals surface area contributed by atoms with Gasteiger partial charge in [-0.05, 0) is 30.7 Å². The van der Waals surface area contributed by atoms with Gasteiger partial charge in [0, 0.05) is 28.9 Å². The van der Waals surface area contributed by atoms with E-state index in [0.29, 0.717) is 18.0 Å². The van der Waals surface area contributed by atoms with Crippen LogP contribution < -0.4 is 4.90 Å². The van der Waals surface area contributed by atoms with E-state index < -0.39 is 0 Å². The van der Waals surface area contributed by atoms with Gasteiger partial charge in [0.15, 0.2) is 0 Å². The molecule has 0 N–H and O–H groups in total. The fraction of sp³-hybridized carbons (Fsp3) is 0.364. The molecule has 0 aromatic heterocycles. The van der Waals surface area contributed by atoms with Gasteiger partial charge in [-0.25, -0.2) is 0 Å². The molecule has 1 aromatic rings. The van der Waals surface area contributed by atoms with Gasteiger partial charge in [-0.2, -0.15) is 12.6 Å². The van der Waals surface area contributed by atoms with E-state index in [-0.39, 0.29) is 11.2 Å². The van der Waals surface area contributed by atoms with Gasteiger partial charge < -0.3 is 4.90 Å². The van der Waals surface area contributed by atoms with Crippen LogP contribution in [0.1, 0.15) is 12.0 Å². The maximum atomic E-state index is 11.6. The molecule has 1 aliphatic rings. The number of thiol groups is 1. The molecule has 1 fully saturated rings. The number of rotatable bonds is 1. The summed E-state index contributed by atoms with van der Waals surface area (Å²) in [5.74, 6) is 0.122. The van der Waals surface area contributed by atoms with Gasteiger partial charge in [-0.1, -0.05) is 11.6 Å². The van der Waals surface area contributed by atoms with E-state index in [4.69, 9.17) is 11.6 Å².